The summed E-state index contributed by atoms with van der Waals surface area (Å²) in [6, 6.07) is 9.51. The Morgan fingerprint density at radius 2 is 2.21 bits per heavy atom. The quantitative estimate of drug-likeness (QED) is 0.768. The molecule has 76 valence electrons. The second kappa shape index (κ2) is 4.14. The topological polar surface area (TPSA) is 12.0 Å². The molecule has 0 aliphatic heterocycles. The van der Waals surface area contributed by atoms with Gasteiger partial charge in [-0.25, -0.2) is 0 Å². The van der Waals surface area contributed by atoms with E-state index in [0.29, 0.717) is 6.04 Å². The lowest BCUT2D eigenvalue weighted by Gasteiger charge is -2.36. The molecule has 1 aliphatic rings. The Kier molecular flexibility index (Phi) is 2.87. The first kappa shape index (κ1) is 9.72. The predicted molar refractivity (Wildman–Crippen MR) is 60.6 cm³/mol. The molecule has 0 fully saturated rings. The highest BCUT2D eigenvalue weighted by Gasteiger charge is 2.30. The summed E-state index contributed by atoms with van der Waals surface area (Å²) < 4.78 is 0. The lowest BCUT2D eigenvalue weighted by molar-refractivity contribution is 0.399. The number of nitrogens with one attached hydrogen (secondary N) is 1. The first-order valence-corrected chi connectivity index (χ1v) is 5.62. The molecule has 0 bridgehead atoms. The Bertz CT molecular complexity index is 306. The smallest absolute Gasteiger partial charge is 0.0136 e. The van der Waals surface area contributed by atoms with Crippen molar-refractivity contribution in [2.24, 2.45) is 0 Å². The van der Waals surface area contributed by atoms with Crippen molar-refractivity contribution < 1.29 is 0 Å². The molecule has 0 heterocycles. The van der Waals surface area contributed by atoms with Crippen LogP contribution in [-0.2, 0) is 6.42 Å². The summed E-state index contributed by atoms with van der Waals surface area (Å²) in [6.45, 7) is 2.26. The Balaban J connectivity index is 2.09. The molecule has 1 N–H and O–H groups in total. The molecule has 1 aliphatic carbocycles. The molecular weight excluding hydrogens is 170 g/mol. The van der Waals surface area contributed by atoms with Crippen LogP contribution in [0.1, 0.15) is 36.8 Å². The zero-order valence-electron chi connectivity index (χ0n) is 9.09. The molecule has 0 amide bonds. The van der Waals surface area contributed by atoms with Crippen molar-refractivity contribution in [2.45, 2.75) is 38.1 Å². The zero-order chi connectivity index (χ0) is 9.97. The molecule has 0 saturated carbocycles. The molecule has 1 aromatic rings. The molecule has 1 heteroatoms. The van der Waals surface area contributed by atoms with Crippen molar-refractivity contribution in [2.75, 3.05) is 7.05 Å². The van der Waals surface area contributed by atoms with E-state index in [9.17, 15) is 0 Å². The van der Waals surface area contributed by atoms with Gasteiger partial charge in [-0.3, -0.25) is 0 Å². The Morgan fingerprint density at radius 3 is 2.86 bits per heavy atom. The van der Waals surface area contributed by atoms with E-state index in [2.05, 4.69) is 43.6 Å². The number of hydrogen-bond donors (Lipinski definition) is 1. The third-order valence-electron chi connectivity index (χ3n) is 3.35. The van der Waals surface area contributed by atoms with Gasteiger partial charge in [0.25, 0.3) is 0 Å². The molecule has 2 atom stereocenters. The van der Waals surface area contributed by atoms with Crippen molar-refractivity contribution in [1.82, 2.24) is 5.32 Å². The van der Waals surface area contributed by atoms with Crippen LogP contribution >= 0.6 is 0 Å². The third kappa shape index (κ3) is 1.57. The SMILES string of the molecule is CCCC(NC)C1Cc2ccccc21. The standard InChI is InChI=1S/C13H19N/c1-3-6-13(14-2)12-9-10-7-4-5-8-11(10)12/h4-5,7-8,12-14H,3,6,9H2,1-2H3. The van der Waals surface area contributed by atoms with Crippen LogP contribution < -0.4 is 5.32 Å². The van der Waals surface area contributed by atoms with Crippen molar-refractivity contribution in [1.29, 1.82) is 0 Å². The van der Waals surface area contributed by atoms with Gasteiger partial charge >= 0.3 is 0 Å². The van der Waals surface area contributed by atoms with Crippen LogP contribution in [0, 0.1) is 0 Å². The molecule has 14 heavy (non-hydrogen) atoms. The van der Waals surface area contributed by atoms with Gasteiger partial charge in [0.1, 0.15) is 0 Å². The third-order valence-corrected chi connectivity index (χ3v) is 3.35. The molecule has 0 spiro atoms. The second-order valence-corrected chi connectivity index (χ2v) is 4.19. The van der Waals surface area contributed by atoms with Crippen LogP contribution in [0.4, 0.5) is 0 Å². The molecule has 0 saturated heterocycles. The van der Waals surface area contributed by atoms with E-state index in [0.717, 1.165) is 5.92 Å². The lowest BCUT2D eigenvalue weighted by atomic mass is 9.72. The average Bonchev–Trinajstić information content (AvgIpc) is 2.18. The predicted octanol–water partition coefficient (Wildman–Crippen LogP) is 2.71. The second-order valence-electron chi connectivity index (χ2n) is 4.19. The van der Waals surface area contributed by atoms with Gasteiger partial charge in [0.15, 0.2) is 0 Å². The van der Waals surface area contributed by atoms with E-state index in [4.69, 9.17) is 0 Å². The number of likely N-dealkylation sites (N-methyl/N-ethyl adjacent to an activating group) is 1. The Labute approximate surface area is 86.5 Å². The first-order valence-electron chi connectivity index (χ1n) is 5.62. The molecule has 1 nitrogen and oxygen atoms in total. The van der Waals surface area contributed by atoms with Crippen LogP contribution in [0.2, 0.25) is 0 Å². The molecule has 2 unspecified atom stereocenters. The van der Waals surface area contributed by atoms with Gasteiger partial charge in [0.05, 0.1) is 0 Å². The largest absolute Gasteiger partial charge is 0.316 e. The minimum atomic E-state index is 0.676. The van der Waals surface area contributed by atoms with Crippen LogP contribution in [0.5, 0.6) is 0 Å². The summed E-state index contributed by atoms with van der Waals surface area (Å²) in [4.78, 5) is 0. The van der Waals surface area contributed by atoms with Gasteiger partial charge in [-0.15, -0.1) is 0 Å². The van der Waals surface area contributed by atoms with Crippen LogP contribution in [0.3, 0.4) is 0 Å². The summed E-state index contributed by atoms with van der Waals surface area (Å²) in [6.07, 6.45) is 3.82. The lowest BCUT2D eigenvalue weighted by Crippen LogP contribution is -2.37. The van der Waals surface area contributed by atoms with Gasteiger partial charge in [-0.05, 0) is 31.0 Å². The first-order chi connectivity index (χ1) is 6.86. The zero-order valence-corrected chi connectivity index (χ0v) is 9.09. The fraction of sp³-hybridized carbons (Fsp3) is 0.538. The fourth-order valence-corrected chi connectivity index (χ4v) is 2.51. The average molecular weight is 189 g/mol. The van der Waals surface area contributed by atoms with Crippen LogP contribution in [0.15, 0.2) is 24.3 Å². The van der Waals surface area contributed by atoms with Crippen molar-refractivity contribution in [3.63, 3.8) is 0 Å². The number of benzene rings is 1. The molecule has 2 rings (SSSR count). The number of fused-ring (bicyclic) bond motifs is 1. The summed E-state index contributed by atoms with van der Waals surface area (Å²) in [5, 5.41) is 3.45. The minimum Gasteiger partial charge on any atom is -0.316 e. The number of hydrogen-bond acceptors (Lipinski definition) is 1. The maximum absolute atomic E-state index is 3.45. The maximum Gasteiger partial charge on any atom is 0.0136 e. The summed E-state index contributed by atoms with van der Waals surface area (Å²) in [5.74, 6) is 0.760. The van der Waals surface area contributed by atoms with Crippen molar-refractivity contribution >= 4 is 0 Å². The summed E-state index contributed by atoms with van der Waals surface area (Å²) in [7, 11) is 2.08. The molecule has 1 aromatic carbocycles. The van der Waals surface area contributed by atoms with Crippen LogP contribution in [-0.4, -0.2) is 13.1 Å². The fourth-order valence-electron chi connectivity index (χ4n) is 2.51. The summed E-state index contributed by atoms with van der Waals surface area (Å²) >= 11 is 0. The van der Waals surface area contributed by atoms with E-state index >= 15 is 0 Å². The van der Waals surface area contributed by atoms with E-state index in [1.165, 1.54) is 19.3 Å². The van der Waals surface area contributed by atoms with Gasteiger partial charge in [0, 0.05) is 12.0 Å². The van der Waals surface area contributed by atoms with E-state index in [1.807, 2.05) is 0 Å². The van der Waals surface area contributed by atoms with Gasteiger partial charge in [0.2, 0.25) is 0 Å². The highest BCUT2D eigenvalue weighted by atomic mass is 14.9. The monoisotopic (exact) mass is 189 g/mol. The Morgan fingerprint density at radius 1 is 1.43 bits per heavy atom. The van der Waals surface area contributed by atoms with Crippen molar-refractivity contribution in [3.05, 3.63) is 35.4 Å². The maximum atomic E-state index is 3.45. The molecule has 0 aromatic heterocycles. The summed E-state index contributed by atoms with van der Waals surface area (Å²) in [5.41, 5.74) is 3.12. The number of rotatable bonds is 4. The molecular formula is C13H19N. The normalized spacial score (nSPS) is 21.1. The minimum absolute atomic E-state index is 0.676. The highest BCUT2D eigenvalue weighted by molar-refractivity contribution is 5.41. The van der Waals surface area contributed by atoms with E-state index in [-0.39, 0.29) is 0 Å². The van der Waals surface area contributed by atoms with Gasteiger partial charge in [-0.2, -0.15) is 0 Å². The molecule has 0 radical (unpaired) electrons. The highest BCUT2D eigenvalue weighted by Crippen LogP contribution is 2.38. The van der Waals surface area contributed by atoms with E-state index < -0.39 is 0 Å². The Hall–Kier alpha value is -0.820. The van der Waals surface area contributed by atoms with Crippen LogP contribution in [0.25, 0.3) is 0 Å². The van der Waals surface area contributed by atoms with Crippen molar-refractivity contribution in [3.8, 4) is 0 Å². The van der Waals surface area contributed by atoms with E-state index in [1.54, 1.807) is 11.1 Å². The van der Waals surface area contributed by atoms with Gasteiger partial charge < -0.3 is 5.32 Å². The van der Waals surface area contributed by atoms with Gasteiger partial charge in [-0.1, -0.05) is 37.6 Å².